The molecule has 0 unspecified atom stereocenters. The molecular formula is C15H18N4O. The van der Waals surface area contributed by atoms with Crippen molar-refractivity contribution in [3.8, 4) is 6.07 Å². The predicted octanol–water partition coefficient (Wildman–Crippen LogP) is 1.43. The Kier molecular flexibility index (Phi) is 3.95. The third-order valence-electron chi connectivity index (χ3n) is 3.71. The zero-order chi connectivity index (χ0) is 13.8. The van der Waals surface area contributed by atoms with Crippen LogP contribution in [0, 0.1) is 11.3 Å². The summed E-state index contributed by atoms with van der Waals surface area (Å²) >= 11 is 0. The standard InChI is InChI=1S/C15H18N4O/c16-6-5-15-17-13-3-1-2-4-14(13)19(15)8-7-18-9-11-20-12-10-18/h1-4H,5,7-12H2. The average molecular weight is 270 g/mol. The van der Waals surface area contributed by atoms with E-state index in [0.29, 0.717) is 6.42 Å². The minimum absolute atomic E-state index is 0.359. The Morgan fingerprint density at radius 2 is 2.00 bits per heavy atom. The maximum absolute atomic E-state index is 8.96. The summed E-state index contributed by atoms with van der Waals surface area (Å²) in [5.74, 6) is 0.863. The number of morpholine rings is 1. The first-order valence-corrected chi connectivity index (χ1v) is 6.99. The van der Waals surface area contributed by atoms with E-state index in [9.17, 15) is 0 Å². The van der Waals surface area contributed by atoms with Gasteiger partial charge in [0.2, 0.25) is 0 Å². The molecule has 0 N–H and O–H groups in total. The second kappa shape index (κ2) is 6.04. The number of imidazole rings is 1. The van der Waals surface area contributed by atoms with Gasteiger partial charge in [-0.3, -0.25) is 4.90 Å². The second-order valence-corrected chi connectivity index (χ2v) is 4.96. The Balaban J connectivity index is 1.81. The zero-order valence-electron chi connectivity index (χ0n) is 11.5. The van der Waals surface area contributed by atoms with Crippen molar-refractivity contribution in [1.82, 2.24) is 14.5 Å². The Bertz CT molecular complexity index is 622. The highest BCUT2D eigenvalue weighted by atomic mass is 16.5. The molecule has 2 aromatic rings. The molecule has 0 aliphatic carbocycles. The van der Waals surface area contributed by atoms with Gasteiger partial charge in [0.1, 0.15) is 5.82 Å². The van der Waals surface area contributed by atoms with Gasteiger partial charge in [-0.15, -0.1) is 0 Å². The molecule has 5 nitrogen and oxygen atoms in total. The molecule has 5 heteroatoms. The monoisotopic (exact) mass is 270 g/mol. The summed E-state index contributed by atoms with van der Waals surface area (Å²) in [5.41, 5.74) is 2.09. The summed E-state index contributed by atoms with van der Waals surface area (Å²) in [4.78, 5) is 6.96. The molecule has 104 valence electrons. The summed E-state index contributed by atoms with van der Waals surface area (Å²) in [6.45, 7) is 5.45. The van der Waals surface area contributed by atoms with E-state index in [1.165, 1.54) is 0 Å². The Morgan fingerprint density at radius 3 is 2.80 bits per heavy atom. The third-order valence-corrected chi connectivity index (χ3v) is 3.71. The van der Waals surface area contributed by atoms with Gasteiger partial charge < -0.3 is 9.30 Å². The minimum atomic E-state index is 0.359. The van der Waals surface area contributed by atoms with Crippen molar-refractivity contribution in [2.24, 2.45) is 0 Å². The van der Waals surface area contributed by atoms with E-state index in [2.05, 4.69) is 26.6 Å². The number of para-hydroxylation sites is 2. The molecule has 1 aromatic heterocycles. The smallest absolute Gasteiger partial charge is 0.124 e. The van der Waals surface area contributed by atoms with Gasteiger partial charge in [0, 0.05) is 26.2 Å². The van der Waals surface area contributed by atoms with Crippen LogP contribution in [0.25, 0.3) is 11.0 Å². The van der Waals surface area contributed by atoms with Gasteiger partial charge in [-0.1, -0.05) is 12.1 Å². The van der Waals surface area contributed by atoms with Gasteiger partial charge in [-0.2, -0.15) is 5.26 Å². The predicted molar refractivity (Wildman–Crippen MR) is 76.3 cm³/mol. The molecule has 1 aromatic carbocycles. The van der Waals surface area contributed by atoms with Crippen LogP contribution in [-0.4, -0.2) is 47.3 Å². The van der Waals surface area contributed by atoms with E-state index in [1.807, 2.05) is 18.2 Å². The lowest BCUT2D eigenvalue weighted by atomic mass is 10.3. The lowest BCUT2D eigenvalue weighted by Crippen LogP contribution is -2.38. The van der Waals surface area contributed by atoms with Crippen LogP contribution >= 0.6 is 0 Å². The molecule has 3 rings (SSSR count). The number of nitriles is 1. The molecule has 0 spiro atoms. The van der Waals surface area contributed by atoms with Crippen molar-refractivity contribution in [2.75, 3.05) is 32.8 Å². The van der Waals surface area contributed by atoms with E-state index in [0.717, 1.165) is 56.3 Å². The number of benzene rings is 1. The van der Waals surface area contributed by atoms with Crippen molar-refractivity contribution in [3.05, 3.63) is 30.1 Å². The molecule has 2 heterocycles. The number of fused-ring (bicyclic) bond motifs is 1. The highest BCUT2D eigenvalue weighted by Gasteiger charge is 2.13. The molecule has 1 fully saturated rings. The second-order valence-electron chi connectivity index (χ2n) is 4.96. The Morgan fingerprint density at radius 1 is 1.20 bits per heavy atom. The average Bonchev–Trinajstić information content (AvgIpc) is 2.84. The summed E-state index contributed by atoms with van der Waals surface area (Å²) < 4.78 is 7.54. The van der Waals surface area contributed by atoms with Crippen LogP contribution in [0.4, 0.5) is 0 Å². The molecule has 0 radical (unpaired) electrons. The summed E-state index contributed by atoms with van der Waals surface area (Å²) in [6.07, 6.45) is 0.359. The van der Waals surface area contributed by atoms with E-state index < -0.39 is 0 Å². The van der Waals surface area contributed by atoms with Gasteiger partial charge in [-0.25, -0.2) is 4.98 Å². The lowest BCUT2D eigenvalue weighted by molar-refractivity contribution is 0.0364. The number of nitrogens with zero attached hydrogens (tertiary/aromatic N) is 4. The van der Waals surface area contributed by atoms with Crippen LogP contribution in [0.15, 0.2) is 24.3 Å². The highest BCUT2D eigenvalue weighted by molar-refractivity contribution is 5.75. The zero-order valence-corrected chi connectivity index (χ0v) is 11.5. The van der Waals surface area contributed by atoms with Crippen molar-refractivity contribution in [3.63, 3.8) is 0 Å². The Labute approximate surface area is 118 Å². The maximum Gasteiger partial charge on any atom is 0.124 e. The summed E-state index contributed by atoms with van der Waals surface area (Å²) in [7, 11) is 0. The molecule has 20 heavy (non-hydrogen) atoms. The fourth-order valence-corrected chi connectivity index (χ4v) is 2.65. The lowest BCUT2D eigenvalue weighted by Gasteiger charge is -2.26. The van der Waals surface area contributed by atoms with Gasteiger partial charge in [0.15, 0.2) is 0 Å². The normalized spacial score (nSPS) is 16.4. The van der Waals surface area contributed by atoms with Crippen molar-refractivity contribution >= 4 is 11.0 Å². The van der Waals surface area contributed by atoms with Crippen LogP contribution in [0.3, 0.4) is 0 Å². The topological polar surface area (TPSA) is 54.1 Å². The summed E-state index contributed by atoms with van der Waals surface area (Å²) in [5, 5.41) is 8.96. The van der Waals surface area contributed by atoms with E-state index in [1.54, 1.807) is 0 Å². The van der Waals surface area contributed by atoms with Crippen LogP contribution in [0.5, 0.6) is 0 Å². The molecule has 1 saturated heterocycles. The molecule has 0 atom stereocenters. The van der Waals surface area contributed by atoms with Crippen molar-refractivity contribution < 1.29 is 4.74 Å². The molecule has 0 bridgehead atoms. The number of rotatable bonds is 4. The van der Waals surface area contributed by atoms with E-state index in [4.69, 9.17) is 10.00 Å². The van der Waals surface area contributed by atoms with Gasteiger partial charge in [-0.05, 0) is 12.1 Å². The number of hydrogen-bond acceptors (Lipinski definition) is 4. The van der Waals surface area contributed by atoms with Crippen LogP contribution in [0.2, 0.25) is 0 Å². The van der Waals surface area contributed by atoms with E-state index >= 15 is 0 Å². The molecular weight excluding hydrogens is 252 g/mol. The first kappa shape index (κ1) is 13.1. The van der Waals surface area contributed by atoms with Gasteiger partial charge >= 0.3 is 0 Å². The SMILES string of the molecule is N#CCc1nc2ccccc2n1CCN1CCOCC1. The number of ether oxygens (including phenoxy) is 1. The number of hydrogen-bond donors (Lipinski definition) is 0. The maximum atomic E-state index is 8.96. The van der Waals surface area contributed by atoms with Crippen LogP contribution in [0.1, 0.15) is 5.82 Å². The van der Waals surface area contributed by atoms with Crippen LogP contribution < -0.4 is 0 Å². The molecule has 0 saturated carbocycles. The molecule has 1 aliphatic heterocycles. The van der Waals surface area contributed by atoms with Crippen LogP contribution in [-0.2, 0) is 17.7 Å². The number of aromatic nitrogens is 2. The quantitative estimate of drug-likeness (QED) is 0.843. The van der Waals surface area contributed by atoms with Crippen molar-refractivity contribution in [1.29, 1.82) is 5.26 Å². The first-order chi connectivity index (χ1) is 9.88. The first-order valence-electron chi connectivity index (χ1n) is 6.99. The molecule has 0 amide bonds. The highest BCUT2D eigenvalue weighted by Crippen LogP contribution is 2.16. The van der Waals surface area contributed by atoms with E-state index in [-0.39, 0.29) is 0 Å². The van der Waals surface area contributed by atoms with Gasteiger partial charge in [0.05, 0.1) is 36.7 Å². The Hall–Kier alpha value is -1.90. The fourth-order valence-electron chi connectivity index (χ4n) is 2.65. The largest absolute Gasteiger partial charge is 0.379 e. The van der Waals surface area contributed by atoms with Crippen molar-refractivity contribution in [2.45, 2.75) is 13.0 Å². The fraction of sp³-hybridized carbons (Fsp3) is 0.467. The minimum Gasteiger partial charge on any atom is -0.379 e. The van der Waals surface area contributed by atoms with Gasteiger partial charge in [0.25, 0.3) is 0 Å². The third kappa shape index (κ3) is 2.67. The molecule has 1 aliphatic rings. The summed E-state index contributed by atoms with van der Waals surface area (Å²) in [6, 6.07) is 10.3.